The number of phenols is 1. The van der Waals surface area contributed by atoms with Crippen molar-refractivity contribution in [3.05, 3.63) is 29.8 Å². The van der Waals surface area contributed by atoms with Crippen molar-refractivity contribution in [2.75, 3.05) is 13.6 Å². The molecule has 0 radical (unpaired) electrons. The number of carbonyl (C=O) groups excluding carboxylic acids is 2. The minimum absolute atomic E-state index is 0.119. The smallest absolute Gasteiger partial charge is 0.254 e. The summed E-state index contributed by atoms with van der Waals surface area (Å²) in [7, 11) is 1.58. The van der Waals surface area contributed by atoms with E-state index in [2.05, 4.69) is 5.32 Å². The van der Waals surface area contributed by atoms with Gasteiger partial charge in [0.1, 0.15) is 11.8 Å². The maximum atomic E-state index is 12.4. The van der Waals surface area contributed by atoms with Crippen LogP contribution in [0.2, 0.25) is 0 Å². The molecule has 1 unspecified atom stereocenters. The molecule has 1 saturated heterocycles. The van der Waals surface area contributed by atoms with E-state index >= 15 is 0 Å². The van der Waals surface area contributed by atoms with Crippen molar-refractivity contribution in [3.63, 3.8) is 0 Å². The topological polar surface area (TPSA) is 69.6 Å². The van der Waals surface area contributed by atoms with Crippen molar-refractivity contribution in [2.24, 2.45) is 0 Å². The number of amides is 2. The van der Waals surface area contributed by atoms with Gasteiger partial charge in [0, 0.05) is 19.2 Å². The Morgan fingerprint density at radius 3 is 2.58 bits per heavy atom. The Morgan fingerprint density at radius 1 is 1.26 bits per heavy atom. The number of hydrogen-bond donors (Lipinski definition) is 2. The molecule has 19 heavy (non-hydrogen) atoms. The first-order chi connectivity index (χ1) is 9.13. The quantitative estimate of drug-likeness (QED) is 0.839. The second-order valence-electron chi connectivity index (χ2n) is 4.67. The Kier molecular flexibility index (Phi) is 4.04. The number of likely N-dealkylation sites (N-methyl/N-ethyl adjacent to an activating group) is 1. The van der Waals surface area contributed by atoms with E-state index in [-0.39, 0.29) is 23.6 Å². The maximum absolute atomic E-state index is 12.4. The Hall–Kier alpha value is -2.04. The van der Waals surface area contributed by atoms with Gasteiger partial charge in [-0.3, -0.25) is 9.59 Å². The number of rotatable bonds is 2. The monoisotopic (exact) mass is 262 g/mol. The third-order valence-corrected chi connectivity index (χ3v) is 3.43. The molecular weight excluding hydrogens is 244 g/mol. The first kappa shape index (κ1) is 13.4. The molecule has 1 fully saturated rings. The zero-order chi connectivity index (χ0) is 13.8. The molecule has 1 aromatic rings. The largest absolute Gasteiger partial charge is 0.508 e. The summed E-state index contributed by atoms with van der Waals surface area (Å²) in [5.74, 6) is -0.154. The highest BCUT2D eigenvalue weighted by Gasteiger charge is 2.31. The third kappa shape index (κ3) is 2.86. The van der Waals surface area contributed by atoms with E-state index in [1.165, 1.54) is 12.1 Å². The van der Waals surface area contributed by atoms with Gasteiger partial charge in [0.15, 0.2) is 0 Å². The molecule has 2 rings (SSSR count). The Bertz CT molecular complexity index is 470. The predicted molar refractivity (Wildman–Crippen MR) is 70.8 cm³/mol. The van der Waals surface area contributed by atoms with Crippen LogP contribution >= 0.6 is 0 Å². The summed E-state index contributed by atoms with van der Waals surface area (Å²) in [5.41, 5.74) is 0.494. The minimum atomic E-state index is -0.389. The fourth-order valence-corrected chi connectivity index (χ4v) is 2.38. The molecule has 0 aliphatic carbocycles. The van der Waals surface area contributed by atoms with Gasteiger partial charge in [-0.05, 0) is 43.5 Å². The van der Waals surface area contributed by atoms with E-state index in [1.54, 1.807) is 24.1 Å². The summed E-state index contributed by atoms with van der Waals surface area (Å²) in [5, 5.41) is 11.8. The fraction of sp³-hybridized carbons (Fsp3) is 0.429. The van der Waals surface area contributed by atoms with Gasteiger partial charge >= 0.3 is 0 Å². The second kappa shape index (κ2) is 5.73. The van der Waals surface area contributed by atoms with Crippen molar-refractivity contribution >= 4 is 11.8 Å². The van der Waals surface area contributed by atoms with Gasteiger partial charge in [-0.15, -0.1) is 0 Å². The van der Waals surface area contributed by atoms with Crippen LogP contribution in [0.3, 0.4) is 0 Å². The van der Waals surface area contributed by atoms with E-state index < -0.39 is 0 Å². The number of phenolic OH excluding ortho intramolecular Hbond substituents is 1. The molecule has 0 spiro atoms. The third-order valence-electron chi connectivity index (χ3n) is 3.43. The van der Waals surface area contributed by atoms with Crippen molar-refractivity contribution in [2.45, 2.75) is 25.3 Å². The first-order valence-electron chi connectivity index (χ1n) is 6.45. The number of piperidine rings is 1. The van der Waals surface area contributed by atoms with Crippen molar-refractivity contribution < 1.29 is 14.7 Å². The SMILES string of the molecule is CNC(=O)C1CCCCN1C(=O)c1ccc(O)cc1. The van der Waals surface area contributed by atoms with Crippen LogP contribution < -0.4 is 5.32 Å². The molecule has 1 aromatic carbocycles. The lowest BCUT2D eigenvalue weighted by molar-refractivity contribution is -0.126. The Labute approximate surface area is 112 Å². The van der Waals surface area contributed by atoms with Crippen molar-refractivity contribution in [1.29, 1.82) is 0 Å². The van der Waals surface area contributed by atoms with Gasteiger partial charge in [-0.25, -0.2) is 0 Å². The predicted octanol–water partition coefficient (Wildman–Crippen LogP) is 1.13. The molecule has 1 aliphatic heterocycles. The molecule has 102 valence electrons. The maximum Gasteiger partial charge on any atom is 0.254 e. The summed E-state index contributed by atoms with van der Waals surface area (Å²) in [6.07, 6.45) is 2.57. The Morgan fingerprint density at radius 2 is 1.95 bits per heavy atom. The average molecular weight is 262 g/mol. The average Bonchev–Trinajstić information content (AvgIpc) is 2.46. The highest BCUT2D eigenvalue weighted by atomic mass is 16.3. The van der Waals surface area contributed by atoms with Crippen molar-refractivity contribution in [1.82, 2.24) is 10.2 Å². The van der Waals surface area contributed by atoms with Gasteiger partial charge in [0.05, 0.1) is 0 Å². The zero-order valence-electron chi connectivity index (χ0n) is 10.9. The standard InChI is InChI=1S/C14H18N2O3/c1-15-13(18)12-4-2-3-9-16(12)14(19)10-5-7-11(17)8-6-10/h5-8,12,17H,2-4,9H2,1H3,(H,15,18). The van der Waals surface area contributed by atoms with Gasteiger partial charge in [-0.1, -0.05) is 0 Å². The molecule has 0 aromatic heterocycles. The second-order valence-corrected chi connectivity index (χ2v) is 4.67. The number of carbonyl (C=O) groups is 2. The summed E-state index contributed by atoms with van der Waals surface area (Å²) < 4.78 is 0. The summed E-state index contributed by atoms with van der Waals surface area (Å²) in [4.78, 5) is 25.8. The van der Waals surface area contributed by atoms with Gasteiger partial charge in [0.2, 0.25) is 5.91 Å². The number of nitrogens with zero attached hydrogens (tertiary/aromatic N) is 1. The van der Waals surface area contributed by atoms with Crippen LogP contribution in [0, 0.1) is 0 Å². The molecule has 1 atom stereocenters. The zero-order valence-corrected chi connectivity index (χ0v) is 10.9. The lowest BCUT2D eigenvalue weighted by Crippen LogP contribution is -2.51. The normalized spacial score (nSPS) is 19.0. The number of benzene rings is 1. The molecule has 1 heterocycles. The van der Waals surface area contributed by atoms with Gasteiger partial charge in [-0.2, -0.15) is 0 Å². The number of aromatic hydroxyl groups is 1. The molecule has 2 amide bonds. The van der Waals surface area contributed by atoms with Gasteiger partial charge < -0.3 is 15.3 Å². The molecule has 5 nitrogen and oxygen atoms in total. The van der Waals surface area contributed by atoms with Crippen LogP contribution in [-0.4, -0.2) is 41.5 Å². The molecule has 1 aliphatic rings. The molecule has 0 bridgehead atoms. The number of nitrogens with one attached hydrogen (secondary N) is 1. The van der Waals surface area contributed by atoms with Gasteiger partial charge in [0.25, 0.3) is 5.91 Å². The van der Waals surface area contributed by atoms with Crippen LogP contribution in [0.15, 0.2) is 24.3 Å². The van der Waals surface area contributed by atoms with E-state index in [9.17, 15) is 14.7 Å². The van der Waals surface area contributed by atoms with Crippen molar-refractivity contribution in [3.8, 4) is 5.75 Å². The molecule has 2 N–H and O–H groups in total. The van der Waals surface area contributed by atoms with Crippen LogP contribution in [0.1, 0.15) is 29.6 Å². The summed E-state index contributed by atoms with van der Waals surface area (Å²) in [6, 6.07) is 5.72. The highest BCUT2D eigenvalue weighted by molar-refractivity contribution is 5.97. The number of likely N-dealkylation sites (tertiary alicyclic amines) is 1. The van der Waals surface area contributed by atoms with Crippen LogP contribution in [-0.2, 0) is 4.79 Å². The van der Waals surface area contributed by atoms with E-state index in [4.69, 9.17) is 0 Å². The summed E-state index contributed by atoms with van der Waals surface area (Å²) in [6.45, 7) is 0.595. The van der Waals surface area contributed by atoms with E-state index in [0.29, 0.717) is 18.5 Å². The highest BCUT2D eigenvalue weighted by Crippen LogP contribution is 2.20. The van der Waals surface area contributed by atoms with Crippen LogP contribution in [0.5, 0.6) is 5.75 Å². The first-order valence-corrected chi connectivity index (χ1v) is 6.45. The van der Waals surface area contributed by atoms with E-state index in [1.807, 2.05) is 0 Å². The van der Waals surface area contributed by atoms with E-state index in [0.717, 1.165) is 12.8 Å². The minimum Gasteiger partial charge on any atom is -0.508 e. The van der Waals surface area contributed by atoms with Crippen LogP contribution in [0.4, 0.5) is 0 Å². The molecular formula is C14H18N2O3. The molecule has 5 heteroatoms. The fourth-order valence-electron chi connectivity index (χ4n) is 2.38. The van der Waals surface area contributed by atoms with Crippen LogP contribution in [0.25, 0.3) is 0 Å². The number of hydrogen-bond acceptors (Lipinski definition) is 3. The lowest BCUT2D eigenvalue weighted by Gasteiger charge is -2.34. The summed E-state index contributed by atoms with van der Waals surface area (Å²) >= 11 is 0. The Balaban J connectivity index is 2.20. The lowest BCUT2D eigenvalue weighted by atomic mass is 10.00. The molecule has 0 saturated carbocycles.